The molecule has 5 aromatic carbocycles. The van der Waals surface area contributed by atoms with E-state index in [1.54, 1.807) is 0 Å². The molecule has 0 aliphatic carbocycles. The number of aliphatic hydroxyl groups is 1. The molecule has 0 saturated carbocycles. The summed E-state index contributed by atoms with van der Waals surface area (Å²) in [4.78, 5) is 2.28. The minimum Gasteiger partial charge on any atom is -0.485 e. The number of hydrogen-bond acceptors (Lipinski definition) is 4. The third-order valence-corrected chi connectivity index (χ3v) is 6.76. The number of nitrogens with zero attached hydrogens (tertiary/aromatic N) is 1. The number of aliphatic hydroxyl groups excluding tert-OH is 1. The molecule has 40 heavy (non-hydrogen) atoms. The molecule has 5 rings (SSSR count). The second kappa shape index (κ2) is 14.1. The van der Waals surface area contributed by atoms with E-state index in [1.165, 1.54) is 11.1 Å². The lowest BCUT2D eigenvalue weighted by molar-refractivity contribution is 0.104. The van der Waals surface area contributed by atoms with Crippen LogP contribution in [0.4, 0.5) is 0 Å². The van der Waals surface area contributed by atoms with Gasteiger partial charge < -0.3 is 14.6 Å². The first kappa shape index (κ1) is 27.2. The molecule has 0 fully saturated rings. The van der Waals surface area contributed by atoms with E-state index in [4.69, 9.17) is 9.47 Å². The first-order valence-electron chi connectivity index (χ1n) is 13.7. The molecule has 0 aromatic heterocycles. The van der Waals surface area contributed by atoms with Crippen LogP contribution in [0.25, 0.3) is 0 Å². The Bertz CT molecular complexity index is 1390. The van der Waals surface area contributed by atoms with Crippen molar-refractivity contribution in [2.75, 3.05) is 6.54 Å². The summed E-state index contributed by atoms with van der Waals surface area (Å²) in [5, 5.41) is 11.4. The molecule has 0 bridgehead atoms. The smallest absolute Gasteiger partial charge is 0.162 e. The summed E-state index contributed by atoms with van der Waals surface area (Å²) in [7, 11) is 0. The van der Waals surface area contributed by atoms with Gasteiger partial charge in [0.05, 0.1) is 6.10 Å². The summed E-state index contributed by atoms with van der Waals surface area (Å²) in [5.74, 6) is 1.27. The van der Waals surface area contributed by atoms with Crippen LogP contribution in [0.3, 0.4) is 0 Å². The van der Waals surface area contributed by atoms with Gasteiger partial charge in [-0.2, -0.15) is 0 Å². The van der Waals surface area contributed by atoms with E-state index < -0.39 is 6.10 Å². The third-order valence-electron chi connectivity index (χ3n) is 6.76. The minimum atomic E-state index is -0.699. The molecule has 0 radical (unpaired) electrons. The van der Waals surface area contributed by atoms with Crippen molar-refractivity contribution in [3.63, 3.8) is 0 Å². The second-order valence-corrected chi connectivity index (χ2v) is 9.91. The van der Waals surface area contributed by atoms with Crippen LogP contribution in [0.15, 0.2) is 140 Å². The average molecular weight is 530 g/mol. The van der Waals surface area contributed by atoms with Crippen molar-refractivity contribution >= 4 is 0 Å². The summed E-state index contributed by atoms with van der Waals surface area (Å²) < 4.78 is 12.4. The van der Waals surface area contributed by atoms with Crippen molar-refractivity contribution in [2.24, 2.45) is 0 Å². The van der Waals surface area contributed by atoms with Crippen LogP contribution in [0, 0.1) is 0 Å². The van der Waals surface area contributed by atoms with E-state index in [2.05, 4.69) is 53.4 Å². The topological polar surface area (TPSA) is 41.9 Å². The largest absolute Gasteiger partial charge is 0.485 e. The second-order valence-electron chi connectivity index (χ2n) is 9.91. The fourth-order valence-electron chi connectivity index (χ4n) is 4.65. The molecule has 5 aromatic rings. The van der Waals surface area contributed by atoms with Crippen LogP contribution in [0.5, 0.6) is 11.5 Å². The van der Waals surface area contributed by atoms with Gasteiger partial charge in [-0.15, -0.1) is 0 Å². The molecule has 202 valence electrons. The van der Waals surface area contributed by atoms with Crippen molar-refractivity contribution in [1.29, 1.82) is 0 Å². The Morgan fingerprint density at radius 2 is 0.925 bits per heavy atom. The van der Waals surface area contributed by atoms with Gasteiger partial charge in [-0.05, 0) is 39.9 Å². The third kappa shape index (κ3) is 8.06. The molecule has 1 N–H and O–H groups in total. The van der Waals surface area contributed by atoms with E-state index in [0.29, 0.717) is 31.3 Å². The SMILES string of the molecule is O[C@@H](CN(Cc1ccccc1)Cc1ccccc1)c1ccc(OCc2ccccc2)c(OCc2ccccc2)c1. The van der Waals surface area contributed by atoms with E-state index in [0.717, 1.165) is 29.8 Å². The van der Waals surface area contributed by atoms with Gasteiger partial charge in [-0.1, -0.05) is 127 Å². The van der Waals surface area contributed by atoms with Crippen molar-refractivity contribution < 1.29 is 14.6 Å². The van der Waals surface area contributed by atoms with E-state index in [-0.39, 0.29) is 0 Å². The zero-order valence-electron chi connectivity index (χ0n) is 22.6. The normalized spacial score (nSPS) is 11.8. The molecule has 0 aliphatic heterocycles. The van der Waals surface area contributed by atoms with Crippen molar-refractivity contribution in [3.8, 4) is 11.5 Å². The minimum absolute atomic E-state index is 0.413. The summed E-state index contributed by atoms with van der Waals surface area (Å²) in [5.41, 5.74) is 5.36. The Labute approximate surface area is 237 Å². The van der Waals surface area contributed by atoms with Gasteiger partial charge in [0.2, 0.25) is 0 Å². The lowest BCUT2D eigenvalue weighted by Gasteiger charge is -2.26. The molecule has 0 aliphatic rings. The van der Waals surface area contributed by atoms with Crippen molar-refractivity contribution in [2.45, 2.75) is 32.4 Å². The highest BCUT2D eigenvalue weighted by Gasteiger charge is 2.18. The predicted octanol–water partition coefficient (Wildman–Crippen LogP) is 7.58. The standard InChI is InChI=1S/C36H35NO3/c38-34(26-37(24-29-13-5-1-6-14-29)25-30-15-7-2-8-16-30)33-21-22-35(39-27-31-17-9-3-10-18-31)36(23-33)40-28-32-19-11-4-12-20-32/h1-23,34,38H,24-28H2/t34-/m0/s1. The van der Waals surface area contributed by atoms with Crippen LogP contribution in [0.1, 0.15) is 33.9 Å². The first-order valence-corrected chi connectivity index (χ1v) is 13.7. The summed E-state index contributed by atoms with van der Waals surface area (Å²) >= 11 is 0. The Balaban J connectivity index is 1.34. The molecular formula is C36H35NO3. The van der Waals surface area contributed by atoms with Gasteiger partial charge in [0.15, 0.2) is 11.5 Å². The van der Waals surface area contributed by atoms with Crippen LogP contribution >= 0.6 is 0 Å². The maximum Gasteiger partial charge on any atom is 0.162 e. The van der Waals surface area contributed by atoms with Gasteiger partial charge in [-0.25, -0.2) is 0 Å². The van der Waals surface area contributed by atoms with Crippen LogP contribution < -0.4 is 9.47 Å². The highest BCUT2D eigenvalue weighted by atomic mass is 16.5. The van der Waals surface area contributed by atoms with Gasteiger partial charge in [0.1, 0.15) is 13.2 Å². The van der Waals surface area contributed by atoms with Crippen LogP contribution in [0.2, 0.25) is 0 Å². The van der Waals surface area contributed by atoms with Crippen molar-refractivity contribution in [1.82, 2.24) is 4.90 Å². The maximum atomic E-state index is 11.4. The summed E-state index contributed by atoms with van der Waals surface area (Å²) in [6.07, 6.45) is -0.699. The molecule has 0 amide bonds. The molecule has 0 unspecified atom stereocenters. The quantitative estimate of drug-likeness (QED) is 0.171. The zero-order valence-corrected chi connectivity index (χ0v) is 22.6. The van der Waals surface area contributed by atoms with Gasteiger partial charge >= 0.3 is 0 Å². The Morgan fingerprint density at radius 1 is 0.500 bits per heavy atom. The molecule has 0 spiro atoms. The maximum absolute atomic E-state index is 11.4. The number of ether oxygens (including phenoxy) is 2. The van der Waals surface area contributed by atoms with E-state index in [9.17, 15) is 5.11 Å². The van der Waals surface area contributed by atoms with E-state index in [1.807, 2.05) is 91.0 Å². The summed E-state index contributed by atoms with van der Waals surface area (Å²) in [6.45, 7) is 2.81. The highest BCUT2D eigenvalue weighted by Crippen LogP contribution is 2.32. The molecule has 0 saturated heterocycles. The number of rotatable bonds is 13. The first-order chi connectivity index (χ1) is 19.7. The average Bonchev–Trinajstić information content (AvgIpc) is 3.01. The Kier molecular flexibility index (Phi) is 9.61. The zero-order chi connectivity index (χ0) is 27.4. The molecular weight excluding hydrogens is 494 g/mol. The van der Waals surface area contributed by atoms with Crippen LogP contribution in [-0.2, 0) is 26.3 Å². The van der Waals surface area contributed by atoms with Crippen LogP contribution in [-0.4, -0.2) is 16.6 Å². The lowest BCUT2D eigenvalue weighted by Crippen LogP contribution is -2.28. The molecule has 1 atom stereocenters. The summed E-state index contributed by atoms with van der Waals surface area (Å²) in [6, 6.07) is 46.6. The fraction of sp³-hybridized carbons (Fsp3) is 0.167. The van der Waals surface area contributed by atoms with Gasteiger partial charge in [0.25, 0.3) is 0 Å². The van der Waals surface area contributed by atoms with Gasteiger partial charge in [0, 0.05) is 19.6 Å². The lowest BCUT2D eigenvalue weighted by atomic mass is 10.1. The molecule has 4 heteroatoms. The van der Waals surface area contributed by atoms with Crippen molar-refractivity contribution in [3.05, 3.63) is 167 Å². The Hall–Kier alpha value is -4.38. The van der Waals surface area contributed by atoms with Gasteiger partial charge in [-0.3, -0.25) is 4.90 Å². The fourth-order valence-corrected chi connectivity index (χ4v) is 4.65. The monoisotopic (exact) mass is 529 g/mol. The number of benzene rings is 5. The highest BCUT2D eigenvalue weighted by molar-refractivity contribution is 5.44. The predicted molar refractivity (Wildman–Crippen MR) is 160 cm³/mol. The Morgan fingerprint density at radius 3 is 1.40 bits per heavy atom. The number of hydrogen-bond donors (Lipinski definition) is 1. The van der Waals surface area contributed by atoms with E-state index >= 15 is 0 Å². The molecule has 4 nitrogen and oxygen atoms in total. The molecule has 0 heterocycles.